The van der Waals surface area contributed by atoms with Crippen molar-refractivity contribution in [1.82, 2.24) is 4.90 Å². The molecule has 1 N–H and O–H groups in total. The molecule has 15 heavy (non-hydrogen) atoms. The molecule has 2 unspecified atom stereocenters. The van der Waals surface area contributed by atoms with Crippen LogP contribution in [0.15, 0.2) is 11.6 Å². The van der Waals surface area contributed by atoms with Gasteiger partial charge in [0.25, 0.3) is 0 Å². The molecule has 0 saturated carbocycles. The number of rotatable bonds is 3. The van der Waals surface area contributed by atoms with Gasteiger partial charge in [-0.1, -0.05) is 18.6 Å². The Morgan fingerprint density at radius 1 is 1.47 bits per heavy atom. The minimum absolute atomic E-state index is 0.181. The number of piperidine rings is 1. The van der Waals surface area contributed by atoms with Crippen molar-refractivity contribution in [2.24, 2.45) is 11.8 Å². The number of hydrogen-bond acceptors (Lipinski definition) is 2. The molecule has 0 spiro atoms. The Balaban J connectivity index is 2.52. The van der Waals surface area contributed by atoms with Gasteiger partial charge < -0.3 is 5.11 Å². The van der Waals surface area contributed by atoms with E-state index in [0.717, 1.165) is 19.5 Å². The number of aliphatic carboxylic acids is 1. The molecule has 1 saturated heterocycles. The van der Waals surface area contributed by atoms with Crippen LogP contribution in [0.1, 0.15) is 27.2 Å². The van der Waals surface area contributed by atoms with E-state index in [1.807, 2.05) is 0 Å². The lowest BCUT2D eigenvalue weighted by atomic mass is 9.90. The van der Waals surface area contributed by atoms with Crippen molar-refractivity contribution in [2.75, 3.05) is 19.6 Å². The Labute approximate surface area is 91.8 Å². The largest absolute Gasteiger partial charge is 0.481 e. The highest BCUT2D eigenvalue weighted by Gasteiger charge is 2.28. The van der Waals surface area contributed by atoms with Gasteiger partial charge in [0, 0.05) is 19.6 Å². The quantitative estimate of drug-likeness (QED) is 0.726. The number of allylic oxidation sites excluding steroid dienone is 1. The molecule has 0 aliphatic carbocycles. The van der Waals surface area contributed by atoms with Crippen LogP contribution in [0.2, 0.25) is 0 Å². The fraction of sp³-hybridized carbons (Fsp3) is 0.750. The van der Waals surface area contributed by atoms with Crippen LogP contribution in [0, 0.1) is 11.8 Å². The first-order valence-corrected chi connectivity index (χ1v) is 5.57. The van der Waals surface area contributed by atoms with E-state index in [0.29, 0.717) is 12.5 Å². The minimum Gasteiger partial charge on any atom is -0.481 e. The molecule has 1 fully saturated rings. The lowest BCUT2D eigenvalue weighted by Gasteiger charge is -2.34. The van der Waals surface area contributed by atoms with Gasteiger partial charge >= 0.3 is 5.97 Å². The summed E-state index contributed by atoms with van der Waals surface area (Å²) < 4.78 is 0. The van der Waals surface area contributed by atoms with Crippen LogP contribution >= 0.6 is 0 Å². The average Bonchev–Trinajstić information content (AvgIpc) is 2.13. The van der Waals surface area contributed by atoms with Crippen molar-refractivity contribution in [1.29, 1.82) is 0 Å². The maximum absolute atomic E-state index is 10.9. The van der Waals surface area contributed by atoms with Crippen LogP contribution in [0.3, 0.4) is 0 Å². The maximum atomic E-state index is 10.9. The average molecular weight is 211 g/mol. The summed E-state index contributed by atoms with van der Waals surface area (Å²) in [4.78, 5) is 13.2. The number of hydrogen-bond donors (Lipinski definition) is 1. The fourth-order valence-corrected chi connectivity index (χ4v) is 2.10. The summed E-state index contributed by atoms with van der Waals surface area (Å²) in [5.74, 6) is -0.339. The first kappa shape index (κ1) is 12.2. The zero-order chi connectivity index (χ0) is 11.4. The minimum atomic E-state index is -0.649. The molecule has 0 aromatic rings. The highest BCUT2D eigenvalue weighted by Crippen LogP contribution is 2.21. The highest BCUT2D eigenvalue weighted by atomic mass is 16.4. The van der Waals surface area contributed by atoms with Crippen molar-refractivity contribution >= 4 is 5.97 Å². The topological polar surface area (TPSA) is 40.5 Å². The smallest absolute Gasteiger partial charge is 0.307 e. The number of carboxylic acids is 1. The zero-order valence-electron chi connectivity index (χ0n) is 9.86. The van der Waals surface area contributed by atoms with Gasteiger partial charge in [-0.05, 0) is 26.2 Å². The van der Waals surface area contributed by atoms with Gasteiger partial charge in [-0.2, -0.15) is 0 Å². The molecule has 0 aromatic carbocycles. The molecule has 1 aliphatic rings. The van der Waals surface area contributed by atoms with Crippen LogP contribution in [0.25, 0.3) is 0 Å². The summed E-state index contributed by atoms with van der Waals surface area (Å²) in [5.41, 5.74) is 1.29. The second-order valence-electron chi connectivity index (χ2n) is 4.88. The summed E-state index contributed by atoms with van der Waals surface area (Å²) in [6, 6.07) is 0. The van der Waals surface area contributed by atoms with Gasteiger partial charge in [0.1, 0.15) is 0 Å². The molecule has 1 heterocycles. The molecule has 0 amide bonds. The summed E-state index contributed by atoms with van der Waals surface area (Å²) in [6.45, 7) is 8.88. The van der Waals surface area contributed by atoms with E-state index in [1.54, 1.807) is 0 Å². The molecule has 1 rings (SSSR count). The molecule has 1 aliphatic heterocycles. The molecule has 0 radical (unpaired) electrons. The lowest BCUT2D eigenvalue weighted by molar-refractivity contribution is -0.144. The first-order chi connectivity index (χ1) is 6.99. The SMILES string of the molecule is CC(C)=CCN1CC(C)CC(C(=O)O)C1. The maximum Gasteiger partial charge on any atom is 0.307 e. The summed E-state index contributed by atoms with van der Waals surface area (Å²) in [7, 11) is 0. The molecule has 86 valence electrons. The second kappa shape index (κ2) is 5.31. The number of likely N-dealkylation sites (tertiary alicyclic amines) is 1. The summed E-state index contributed by atoms with van der Waals surface area (Å²) in [6.07, 6.45) is 2.98. The van der Waals surface area contributed by atoms with Gasteiger partial charge in [0.15, 0.2) is 0 Å². The molecular formula is C12H21NO2. The third-order valence-corrected chi connectivity index (χ3v) is 2.84. The lowest BCUT2D eigenvalue weighted by Crippen LogP contribution is -2.42. The molecule has 2 atom stereocenters. The van der Waals surface area contributed by atoms with Crippen LogP contribution in [0.4, 0.5) is 0 Å². The van der Waals surface area contributed by atoms with E-state index in [1.165, 1.54) is 5.57 Å². The molecule has 0 aromatic heterocycles. The van der Waals surface area contributed by atoms with Gasteiger partial charge in [-0.25, -0.2) is 0 Å². The molecular weight excluding hydrogens is 190 g/mol. The molecule has 0 bridgehead atoms. The summed E-state index contributed by atoms with van der Waals surface area (Å²) in [5, 5.41) is 9.01. The first-order valence-electron chi connectivity index (χ1n) is 5.57. The van der Waals surface area contributed by atoms with E-state index in [-0.39, 0.29) is 5.92 Å². The zero-order valence-corrected chi connectivity index (χ0v) is 9.86. The number of carboxylic acid groups (broad SMARTS) is 1. The summed E-state index contributed by atoms with van der Waals surface area (Å²) >= 11 is 0. The van der Waals surface area contributed by atoms with E-state index in [2.05, 4.69) is 31.7 Å². The Morgan fingerprint density at radius 2 is 2.13 bits per heavy atom. The van der Waals surface area contributed by atoms with Gasteiger partial charge in [-0.3, -0.25) is 9.69 Å². The van der Waals surface area contributed by atoms with Crippen molar-refractivity contribution in [3.63, 3.8) is 0 Å². The van der Waals surface area contributed by atoms with Gasteiger partial charge in [0.05, 0.1) is 5.92 Å². The van der Waals surface area contributed by atoms with Crippen molar-refractivity contribution in [3.8, 4) is 0 Å². The standard InChI is InChI=1S/C12H21NO2/c1-9(2)4-5-13-7-10(3)6-11(8-13)12(14)15/h4,10-11H,5-8H2,1-3H3,(H,14,15). The molecule has 3 heteroatoms. The Bertz CT molecular complexity index is 256. The monoisotopic (exact) mass is 211 g/mol. The third-order valence-electron chi connectivity index (χ3n) is 2.84. The van der Waals surface area contributed by atoms with Crippen molar-refractivity contribution < 1.29 is 9.90 Å². The predicted octanol–water partition coefficient (Wildman–Crippen LogP) is 2.00. The van der Waals surface area contributed by atoms with Crippen molar-refractivity contribution in [3.05, 3.63) is 11.6 Å². The highest BCUT2D eigenvalue weighted by molar-refractivity contribution is 5.70. The number of carbonyl (C=O) groups is 1. The normalized spacial score (nSPS) is 27.4. The Morgan fingerprint density at radius 3 is 2.67 bits per heavy atom. The Kier molecular flexibility index (Phi) is 4.33. The van der Waals surface area contributed by atoms with Gasteiger partial charge in [-0.15, -0.1) is 0 Å². The Hall–Kier alpha value is -0.830. The predicted molar refractivity (Wildman–Crippen MR) is 60.8 cm³/mol. The van der Waals surface area contributed by atoms with E-state index in [9.17, 15) is 4.79 Å². The van der Waals surface area contributed by atoms with Crippen LogP contribution in [-0.4, -0.2) is 35.6 Å². The number of nitrogens with zero attached hydrogens (tertiary/aromatic N) is 1. The molecule has 3 nitrogen and oxygen atoms in total. The fourth-order valence-electron chi connectivity index (χ4n) is 2.10. The van der Waals surface area contributed by atoms with Crippen LogP contribution in [0.5, 0.6) is 0 Å². The third kappa shape index (κ3) is 4.04. The van der Waals surface area contributed by atoms with E-state index in [4.69, 9.17) is 5.11 Å². The van der Waals surface area contributed by atoms with Crippen LogP contribution in [-0.2, 0) is 4.79 Å². The van der Waals surface area contributed by atoms with Crippen molar-refractivity contribution in [2.45, 2.75) is 27.2 Å². The second-order valence-corrected chi connectivity index (χ2v) is 4.88. The van der Waals surface area contributed by atoms with Gasteiger partial charge in [0.2, 0.25) is 0 Å². The van der Waals surface area contributed by atoms with E-state index < -0.39 is 5.97 Å². The van der Waals surface area contributed by atoms with Crippen LogP contribution < -0.4 is 0 Å². The van der Waals surface area contributed by atoms with E-state index >= 15 is 0 Å².